The number of hydrogen-bond acceptors (Lipinski definition) is 2. The summed E-state index contributed by atoms with van der Waals surface area (Å²) in [7, 11) is 0. The summed E-state index contributed by atoms with van der Waals surface area (Å²) in [5.74, 6) is 0. The zero-order chi connectivity index (χ0) is 11.6. The maximum Gasteiger partial charge on any atom is 0.0349 e. The van der Waals surface area contributed by atoms with Gasteiger partial charge in [-0.05, 0) is 38.8 Å². The number of rotatable bonds is 3. The third-order valence-electron chi connectivity index (χ3n) is 3.16. The minimum Gasteiger partial charge on any atom is -0.324 e. The molecule has 0 saturated carbocycles. The number of benzene rings is 1. The molecule has 0 spiro atoms. The molecule has 1 aliphatic rings. The Morgan fingerprint density at radius 2 is 1.83 bits per heavy atom. The zero-order valence-corrected chi connectivity index (χ0v) is 12.8. The zero-order valence-electron chi connectivity index (χ0n) is 11.1. The van der Waals surface area contributed by atoms with Gasteiger partial charge < -0.3 is 5.73 Å². The highest BCUT2D eigenvalue weighted by Crippen LogP contribution is 2.32. The van der Waals surface area contributed by atoms with Gasteiger partial charge >= 0.3 is 0 Å². The molecule has 18 heavy (non-hydrogen) atoms. The van der Waals surface area contributed by atoms with Crippen molar-refractivity contribution in [1.82, 2.24) is 4.90 Å². The van der Waals surface area contributed by atoms with Crippen molar-refractivity contribution in [3.8, 4) is 0 Å². The van der Waals surface area contributed by atoms with E-state index in [9.17, 15) is 0 Å². The van der Waals surface area contributed by atoms with Crippen LogP contribution in [0.4, 0.5) is 0 Å². The maximum atomic E-state index is 6.11. The minimum atomic E-state index is -0.0998. The summed E-state index contributed by atoms with van der Waals surface area (Å²) >= 11 is 0. The lowest BCUT2D eigenvalue weighted by Crippen LogP contribution is -2.45. The summed E-state index contributed by atoms with van der Waals surface area (Å²) in [5.41, 5.74) is 7.45. The standard InChI is InChI=1S/C14H22N2.2ClH/c1-14(2,15)11-16-10-6-9-13(16)12-7-4-3-5-8-12;;/h3-5,7-8,13H,6,9-11,15H2,1-2H3;2*1H. The van der Waals surface area contributed by atoms with E-state index in [1.54, 1.807) is 0 Å². The summed E-state index contributed by atoms with van der Waals surface area (Å²) in [6.45, 7) is 6.37. The average Bonchev–Trinajstić information content (AvgIpc) is 2.64. The van der Waals surface area contributed by atoms with Crippen LogP contribution in [0.25, 0.3) is 0 Å². The Kier molecular flexibility index (Phi) is 7.23. The van der Waals surface area contributed by atoms with Crippen LogP contribution >= 0.6 is 24.8 Å². The van der Waals surface area contributed by atoms with Crippen LogP contribution in [0.15, 0.2) is 30.3 Å². The molecular weight excluding hydrogens is 267 g/mol. The molecule has 1 aliphatic heterocycles. The van der Waals surface area contributed by atoms with E-state index in [2.05, 4.69) is 49.1 Å². The smallest absolute Gasteiger partial charge is 0.0349 e. The van der Waals surface area contributed by atoms with Crippen molar-refractivity contribution in [2.24, 2.45) is 5.73 Å². The molecule has 0 bridgehead atoms. The van der Waals surface area contributed by atoms with E-state index in [0.29, 0.717) is 6.04 Å². The van der Waals surface area contributed by atoms with Crippen LogP contribution in [-0.2, 0) is 0 Å². The van der Waals surface area contributed by atoms with Gasteiger partial charge in [0.05, 0.1) is 0 Å². The molecule has 0 radical (unpaired) electrons. The number of hydrogen-bond donors (Lipinski definition) is 1. The Morgan fingerprint density at radius 1 is 1.22 bits per heavy atom. The van der Waals surface area contributed by atoms with Gasteiger partial charge in [-0.1, -0.05) is 30.3 Å². The first-order valence-electron chi connectivity index (χ1n) is 6.14. The second-order valence-corrected chi connectivity index (χ2v) is 5.53. The van der Waals surface area contributed by atoms with Gasteiger partial charge in [0, 0.05) is 18.1 Å². The first-order chi connectivity index (χ1) is 7.56. The van der Waals surface area contributed by atoms with Crippen molar-refractivity contribution >= 4 is 24.8 Å². The summed E-state index contributed by atoms with van der Waals surface area (Å²) in [5, 5.41) is 0. The van der Waals surface area contributed by atoms with Crippen LogP contribution in [0, 0.1) is 0 Å². The molecule has 0 amide bonds. The Hall–Kier alpha value is -0.280. The molecule has 104 valence electrons. The molecule has 4 heteroatoms. The number of halogens is 2. The van der Waals surface area contributed by atoms with E-state index < -0.39 is 0 Å². The number of nitrogens with zero attached hydrogens (tertiary/aromatic N) is 1. The van der Waals surface area contributed by atoms with Crippen molar-refractivity contribution in [2.45, 2.75) is 38.3 Å². The van der Waals surface area contributed by atoms with Gasteiger partial charge in [0.1, 0.15) is 0 Å². The second-order valence-electron chi connectivity index (χ2n) is 5.53. The number of nitrogens with two attached hydrogens (primary N) is 1. The van der Waals surface area contributed by atoms with Gasteiger partial charge in [-0.2, -0.15) is 0 Å². The van der Waals surface area contributed by atoms with Gasteiger partial charge in [-0.25, -0.2) is 0 Å². The quantitative estimate of drug-likeness (QED) is 0.924. The lowest BCUT2D eigenvalue weighted by atomic mass is 10.0. The molecule has 1 unspecified atom stereocenters. The van der Waals surface area contributed by atoms with E-state index in [0.717, 1.165) is 6.54 Å². The first-order valence-corrected chi connectivity index (χ1v) is 6.14. The van der Waals surface area contributed by atoms with Crippen molar-refractivity contribution < 1.29 is 0 Å². The molecule has 1 aromatic rings. The van der Waals surface area contributed by atoms with Gasteiger partial charge in [0.2, 0.25) is 0 Å². The third kappa shape index (κ3) is 4.77. The SMILES string of the molecule is CC(C)(N)CN1CCCC1c1ccccc1.Cl.Cl. The molecule has 1 aromatic carbocycles. The molecule has 2 N–H and O–H groups in total. The fourth-order valence-corrected chi connectivity index (χ4v) is 2.59. The molecular formula is C14H24Cl2N2. The fourth-order valence-electron chi connectivity index (χ4n) is 2.59. The molecule has 2 nitrogen and oxygen atoms in total. The second kappa shape index (κ2) is 7.34. The van der Waals surface area contributed by atoms with E-state index in [1.165, 1.54) is 24.9 Å². The van der Waals surface area contributed by atoms with E-state index >= 15 is 0 Å². The maximum absolute atomic E-state index is 6.11. The predicted molar refractivity (Wildman–Crippen MR) is 82.8 cm³/mol. The van der Waals surface area contributed by atoms with Crippen LogP contribution < -0.4 is 5.73 Å². The lowest BCUT2D eigenvalue weighted by Gasteiger charge is -2.31. The summed E-state index contributed by atoms with van der Waals surface area (Å²) in [6.07, 6.45) is 2.55. The molecule has 2 rings (SSSR count). The third-order valence-corrected chi connectivity index (χ3v) is 3.16. The monoisotopic (exact) mass is 290 g/mol. The molecule has 0 aromatic heterocycles. The van der Waals surface area contributed by atoms with Crippen molar-refractivity contribution in [3.05, 3.63) is 35.9 Å². The predicted octanol–water partition coefficient (Wildman–Crippen LogP) is 3.40. The summed E-state index contributed by atoms with van der Waals surface area (Å²) in [4.78, 5) is 2.52. The Labute approximate surface area is 123 Å². The highest BCUT2D eigenvalue weighted by Gasteiger charge is 2.28. The van der Waals surface area contributed by atoms with E-state index in [-0.39, 0.29) is 30.4 Å². The average molecular weight is 291 g/mol. The highest BCUT2D eigenvalue weighted by molar-refractivity contribution is 5.85. The van der Waals surface area contributed by atoms with Crippen LogP contribution in [0.2, 0.25) is 0 Å². The topological polar surface area (TPSA) is 29.3 Å². The van der Waals surface area contributed by atoms with E-state index in [1.807, 2.05) is 0 Å². The van der Waals surface area contributed by atoms with Crippen LogP contribution in [0.5, 0.6) is 0 Å². The van der Waals surface area contributed by atoms with Crippen molar-refractivity contribution in [2.75, 3.05) is 13.1 Å². The largest absolute Gasteiger partial charge is 0.324 e. The fraction of sp³-hybridized carbons (Fsp3) is 0.571. The number of likely N-dealkylation sites (tertiary alicyclic amines) is 1. The summed E-state index contributed by atoms with van der Waals surface area (Å²) < 4.78 is 0. The molecule has 0 aliphatic carbocycles. The van der Waals surface area contributed by atoms with Crippen LogP contribution in [-0.4, -0.2) is 23.5 Å². The lowest BCUT2D eigenvalue weighted by molar-refractivity contribution is 0.211. The van der Waals surface area contributed by atoms with Gasteiger partial charge in [0.25, 0.3) is 0 Å². The highest BCUT2D eigenvalue weighted by atomic mass is 35.5. The first kappa shape index (κ1) is 17.7. The van der Waals surface area contributed by atoms with Crippen LogP contribution in [0.3, 0.4) is 0 Å². The molecule has 1 fully saturated rings. The molecule has 1 saturated heterocycles. The Morgan fingerprint density at radius 3 is 2.39 bits per heavy atom. The summed E-state index contributed by atoms with van der Waals surface area (Å²) in [6, 6.07) is 11.4. The normalized spacial score (nSPS) is 20.1. The molecule has 1 atom stereocenters. The van der Waals surface area contributed by atoms with Crippen molar-refractivity contribution in [1.29, 1.82) is 0 Å². The van der Waals surface area contributed by atoms with Gasteiger partial charge in [0.15, 0.2) is 0 Å². The Bertz CT molecular complexity index is 335. The van der Waals surface area contributed by atoms with E-state index in [4.69, 9.17) is 5.73 Å². The van der Waals surface area contributed by atoms with Gasteiger partial charge in [-0.3, -0.25) is 4.90 Å². The van der Waals surface area contributed by atoms with Gasteiger partial charge in [-0.15, -0.1) is 24.8 Å². The van der Waals surface area contributed by atoms with Crippen LogP contribution in [0.1, 0.15) is 38.3 Å². The van der Waals surface area contributed by atoms with Crippen molar-refractivity contribution in [3.63, 3.8) is 0 Å². The Balaban J connectivity index is 0.00000144. The molecule has 1 heterocycles. The minimum absolute atomic E-state index is 0.